The molecule has 1 heterocycles. The average Bonchev–Trinajstić information content (AvgIpc) is 2.57. The summed E-state index contributed by atoms with van der Waals surface area (Å²) in [5.74, 6) is -0.0384. The van der Waals surface area contributed by atoms with Crippen LogP contribution in [0.15, 0.2) is 25.3 Å². The Morgan fingerprint density at radius 1 is 1.38 bits per heavy atom. The minimum Gasteiger partial charge on any atom is -0.331 e. The van der Waals surface area contributed by atoms with Crippen LogP contribution in [0.2, 0.25) is 0 Å². The third kappa shape index (κ3) is 2.39. The van der Waals surface area contributed by atoms with Gasteiger partial charge in [-0.3, -0.25) is 9.89 Å². The maximum atomic E-state index is 12.2. The fraction of sp³-hybridized carbons (Fsp3) is 0.333. The monoisotopic (exact) mass is 219 g/mol. The molecular weight excluding hydrogens is 202 g/mol. The molecule has 0 aliphatic heterocycles. The number of hydrogen-bond acceptors (Lipinski definition) is 2. The van der Waals surface area contributed by atoms with Gasteiger partial charge in [-0.15, -0.1) is 13.2 Å². The lowest BCUT2D eigenvalue weighted by molar-refractivity contribution is 0.0789. The van der Waals surface area contributed by atoms with Crippen LogP contribution in [0, 0.1) is 13.8 Å². The molecule has 0 spiro atoms. The smallest absolute Gasteiger partial charge is 0.258 e. The van der Waals surface area contributed by atoms with Crippen LogP contribution in [0.5, 0.6) is 0 Å². The van der Waals surface area contributed by atoms with Crippen molar-refractivity contribution in [3.63, 3.8) is 0 Å². The van der Waals surface area contributed by atoms with Crippen LogP contribution in [0.4, 0.5) is 0 Å². The number of carbonyl (C=O) groups is 1. The van der Waals surface area contributed by atoms with E-state index in [0.29, 0.717) is 18.7 Å². The zero-order chi connectivity index (χ0) is 12.1. The molecule has 86 valence electrons. The van der Waals surface area contributed by atoms with Crippen molar-refractivity contribution in [2.75, 3.05) is 13.1 Å². The molecule has 4 nitrogen and oxygen atoms in total. The van der Waals surface area contributed by atoms with E-state index in [0.717, 1.165) is 11.4 Å². The average molecular weight is 219 g/mol. The molecular formula is C12H17N3O. The molecule has 0 bridgehead atoms. The minimum atomic E-state index is -0.0384. The van der Waals surface area contributed by atoms with Crippen LogP contribution in [0.25, 0.3) is 0 Å². The highest BCUT2D eigenvalue weighted by Gasteiger charge is 2.19. The summed E-state index contributed by atoms with van der Waals surface area (Å²) >= 11 is 0. The molecule has 0 saturated heterocycles. The molecule has 4 heteroatoms. The molecule has 0 aliphatic carbocycles. The van der Waals surface area contributed by atoms with Gasteiger partial charge < -0.3 is 4.90 Å². The Hall–Kier alpha value is -1.84. The van der Waals surface area contributed by atoms with Crippen molar-refractivity contribution in [3.8, 4) is 0 Å². The first kappa shape index (κ1) is 12.2. The zero-order valence-corrected chi connectivity index (χ0v) is 9.79. The highest BCUT2D eigenvalue weighted by molar-refractivity contribution is 5.96. The number of hydrogen-bond donors (Lipinski definition) is 1. The highest BCUT2D eigenvalue weighted by atomic mass is 16.2. The molecule has 1 amide bonds. The largest absolute Gasteiger partial charge is 0.331 e. The summed E-state index contributed by atoms with van der Waals surface area (Å²) in [5.41, 5.74) is 2.16. The lowest BCUT2D eigenvalue weighted by Gasteiger charge is -2.19. The first-order valence-corrected chi connectivity index (χ1v) is 5.14. The predicted molar refractivity (Wildman–Crippen MR) is 64.4 cm³/mol. The van der Waals surface area contributed by atoms with Crippen LogP contribution in [-0.4, -0.2) is 34.1 Å². The predicted octanol–water partition coefficient (Wildman–Crippen LogP) is 1.84. The van der Waals surface area contributed by atoms with E-state index in [2.05, 4.69) is 23.4 Å². The number of aromatic nitrogens is 2. The van der Waals surface area contributed by atoms with Crippen LogP contribution in [-0.2, 0) is 0 Å². The van der Waals surface area contributed by atoms with Crippen molar-refractivity contribution in [2.45, 2.75) is 13.8 Å². The van der Waals surface area contributed by atoms with Crippen LogP contribution in [0.1, 0.15) is 21.7 Å². The van der Waals surface area contributed by atoms with E-state index in [1.807, 2.05) is 13.8 Å². The molecule has 1 N–H and O–H groups in total. The van der Waals surface area contributed by atoms with E-state index >= 15 is 0 Å². The number of rotatable bonds is 5. The Morgan fingerprint density at radius 2 is 1.94 bits per heavy atom. The number of amides is 1. The lowest BCUT2D eigenvalue weighted by Crippen LogP contribution is -2.32. The van der Waals surface area contributed by atoms with Gasteiger partial charge in [0, 0.05) is 18.8 Å². The molecule has 1 aromatic heterocycles. The SMILES string of the molecule is C=CCN(CC=C)C(=O)c1c(C)n[nH]c1C. The quantitative estimate of drug-likeness (QED) is 0.768. The minimum absolute atomic E-state index is 0.0384. The molecule has 16 heavy (non-hydrogen) atoms. The Bertz CT molecular complexity index is 377. The van der Waals surface area contributed by atoms with Gasteiger partial charge in [-0.25, -0.2) is 0 Å². The maximum absolute atomic E-state index is 12.2. The van der Waals surface area contributed by atoms with E-state index in [1.165, 1.54) is 0 Å². The summed E-state index contributed by atoms with van der Waals surface area (Å²) in [4.78, 5) is 13.9. The standard InChI is InChI=1S/C12H17N3O/c1-5-7-15(8-6-2)12(16)11-9(3)13-14-10(11)4/h5-6H,1-2,7-8H2,3-4H3,(H,13,14). The van der Waals surface area contributed by atoms with Gasteiger partial charge in [0.05, 0.1) is 11.3 Å². The second kappa shape index (κ2) is 5.30. The number of nitrogens with zero attached hydrogens (tertiary/aromatic N) is 2. The van der Waals surface area contributed by atoms with E-state index in [9.17, 15) is 4.79 Å². The second-order valence-corrected chi connectivity index (χ2v) is 3.60. The van der Waals surface area contributed by atoms with E-state index in [4.69, 9.17) is 0 Å². The molecule has 0 unspecified atom stereocenters. The molecule has 0 radical (unpaired) electrons. The Balaban J connectivity index is 2.98. The zero-order valence-electron chi connectivity index (χ0n) is 9.79. The number of aromatic amines is 1. The molecule has 1 rings (SSSR count). The van der Waals surface area contributed by atoms with E-state index in [1.54, 1.807) is 17.1 Å². The fourth-order valence-electron chi connectivity index (χ4n) is 1.58. The Kier molecular flexibility index (Phi) is 4.05. The highest BCUT2D eigenvalue weighted by Crippen LogP contribution is 2.12. The molecule has 0 saturated carbocycles. The number of carbonyl (C=O) groups excluding carboxylic acids is 1. The summed E-state index contributed by atoms with van der Waals surface area (Å²) in [6.07, 6.45) is 3.40. The molecule has 0 aliphatic rings. The van der Waals surface area contributed by atoms with Crippen molar-refractivity contribution >= 4 is 5.91 Å². The van der Waals surface area contributed by atoms with Crippen molar-refractivity contribution in [1.82, 2.24) is 15.1 Å². The number of nitrogens with one attached hydrogen (secondary N) is 1. The van der Waals surface area contributed by atoms with Gasteiger partial charge in [0.15, 0.2) is 0 Å². The van der Waals surface area contributed by atoms with Gasteiger partial charge in [0.2, 0.25) is 0 Å². The Morgan fingerprint density at radius 3 is 2.31 bits per heavy atom. The topological polar surface area (TPSA) is 49.0 Å². The van der Waals surface area contributed by atoms with Crippen LogP contribution < -0.4 is 0 Å². The maximum Gasteiger partial charge on any atom is 0.258 e. The summed E-state index contributed by atoms with van der Waals surface area (Å²) in [6, 6.07) is 0. The molecule has 1 aromatic rings. The number of H-pyrrole nitrogens is 1. The third-order valence-corrected chi connectivity index (χ3v) is 2.33. The second-order valence-electron chi connectivity index (χ2n) is 3.60. The summed E-state index contributed by atoms with van der Waals surface area (Å²) in [7, 11) is 0. The summed E-state index contributed by atoms with van der Waals surface area (Å²) in [6.45, 7) is 12.0. The van der Waals surface area contributed by atoms with Gasteiger partial charge in [-0.05, 0) is 13.8 Å². The first-order valence-electron chi connectivity index (χ1n) is 5.14. The van der Waals surface area contributed by atoms with E-state index in [-0.39, 0.29) is 5.91 Å². The first-order chi connectivity index (χ1) is 7.61. The van der Waals surface area contributed by atoms with Gasteiger partial charge >= 0.3 is 0 Å². The van der Waals surface area contributed by atoms with Crippen molar-refractivity contribution < 1.29 is 4.79 Å². The summed E-state index contributed by atoms with van der Waals surface area (Å²) in [5, 5.41) is 6.82. The Labute approximate surface area is 95.7 Å². The van der Waals surface area contributed by atoms with Crippen LogP contribution in [0.3, 0.4) is 0 Å². The van der Waals surface area contributed by atoms with Gasteiger partial charge in [-0.1, -0.05) is 12.2 Å². The van der Waals surface area contributed by atoms with Crippen LogP contribution >= 0.6 is 0 Å². The van der Waals surface area contributed by atoms with Crippen molar-refractivity contribution in [3.05, 3.63) is 42.3 Å². The fourth-order valence-corrected chi connectivity index (χ4v) is 1.58. The molecule has 0 fully saturated rings. The normalized spacial score (nSPS) is 9.88. The molecule has 0 atom stereocenters. The van der Waals surface area contributed by atoms with Gasteiger partial charge in [-0.2, -0.15) is 5.10 Å². The van der Waals surface area contributed by atoms with Gasteiger partial charge in [0.25, 0.3) is 5.91 Å². The van der Waals surface area contributed by atoms with Crippen molar-refractivity contribution in [2.24, 2.45) is 0 Å². The summed E-state index contributed by atoms with van der Waals surface area (Å²) < 4.78 is 0. The van der Waals surface area contributed by atoms with Gasteiger partial charge in [0.1, 0.15) is 0 Å². The number of aryl methyl sites for hydroxylation is 2. The van der Waals surface area contributed by atoms with E-state index < -0.39 is 0 Å². The third-order valence-electron chi connectivity index (χ3n) is 2.33. The van der Waals surface area contributed by atoms with Crippen molar-refractivity contribution in [1.29, 1.82) is 0 Å². The lowest BCUT2D eigenvalue weighted by atomic mass is 10.1. The molecule has 0 aromatic carbocycles.